The van der Waals surface area contributed by atoms with Gasteiger partial charge in [0.15, 0.2) is 0 Å². The van der Waals surface area contributed by atoms with Crippen LogP contribution in [0.2, 0.25) is 10.0 Å². The predicted molar refractivity (Wildman–Crippen MR) is 87.1 cm³/mol. The third-order valence-corrected chi connectivity index (χ3v) is 4.25. The molecule has 0 aliphatic heterocycles. The molecule has 2 nitrogen and oxygen atoms in total. The molecule has 0 heterocycles. The van der Waals surface area contributed by atoms with E-state index in [9.17, 15) is 0 Å². The molecule has 1 aliphatic rings. The number of rotatable bonds is 6. The quantitative estimate of drug-likeness (QED) is 0.823. The minimum atomic E-state index is 0.483. The summed E-state index contributed by atoms with van der Waals surface area (Å²) in [5.74, 6) is 0.914. The van der Waals surface area contributed by atoms with Crippen LogP contribution in [0, 0.1) is 0 Å². The average molecular weight is 322 g/mol. The molecule has 3 rings (SSSR count). The summed E-state index contributed by atoms with van der Waals surface area (Å²) in [6.07, 6.45) is 2.57. The standard InChI is InChI=1S/C17H17Cl2NO/c18-15-8-5-12(9-16(15)19)11-21-17-4-2-1-3-13(17)10-20-14-6-7-14/h1-5,8-9,14,20H,6-7,10-11H2. The van der Waals surface area contributed by atoms with Crippen molar-refractivity contribution in [1.82, 2.24) is 5.32 Å². The Hall–Kier alpha value is -1.22. The lowest BCUT2D eigenvalue weighted by molar-refractivity contribution is 0.302. The molecule has 0 aromatic heterocycles. The van der Waals surface area contributed by atoms with Crippen LogP contribution < -0.4 is 10.1 Å². The van der Waals surface area contributed by atoms with Gasteiger partial charge in [-0.3, -0.25) is 0 Å². The summed E-state index contributed by atoms with van der Waals surface area (Å²) in [7, 11) is 0. The van der Waals surface area contributed by atoms with Crippen molar-refractivity contribution < 1.29 is 4.74 Å². The molecule has 1 N–H and O–H groups in total. The van der Waals surface area contributed by atoms with E-state index in [2.05, 4.69) is 11.4 Å². The number of ether oxygens (including phenoxy) is 1. The van der Waals surface area contributed by atoms with Gasteiger partial charge in [0.1, 0.15) is 12.4 Å². The maximum Gasteiger partial charge on any atom is 0.124 e. The van der Waals surface area contributed by atoms with Crippen molar-refractivity contribution in [2.24, 2.45) is 0 Å². The van der Waals surface area contributed by atoms with Gasteiger partial charge in [0, 0.05) is 18.2 Å². The van der Waals surface area contributed by atoms with Gasteiger partial charge in [0.05, 0.1) is 10.0 Å². The molecule has 1 aliphatic carbocycles. The maximum absolute atomic E-state index is 6.02. The summed E-state index contributed by atoms with van der Waals surface area (Å²) >= 11 is 11.9. The Balaban J connectivity index is 1.64. The first-order valence-electron chi connectivity index (χ1n) is 7.10. The van der Waals surface area contributed by atoms with Crippen LogP contribution in [0.3, 0.4) is 0 Å². The first kappa shape index (κ1) is 14.7. The first-order chi connectivity index (χ1) is 10.2. The summed E-state index contributed by atoms with van der Waals surface area (Å²) in [4.78, 5) is 0. The van der Waals surface area contributed by atoms with Crippen molar-refractivity contribution in [3.05, 3.63) is 63.6 Å². The van der Waals surface area contributed by atoms with E-state index >= 15 is 0 Å². The molecule has 1 fully saturated rings. The van der Waals surface area contributed by atoms with Crippen molar-refractivity contribution >= 4 is 23.2 Å². The SMILES string of the molecule is Clc1ccc(COc2ccccc2CNC2CC2)cc1Cl. The highest BCUT2D eigenvalue weighted by Crippen LogP contribution is 2.25. The van der Waals surface area contributed by atoms with Crippen LogP contribution in [0.4, 0.5) is 0 Å². The lowest BCUT2D eigenvalue weighted by atomic mass is 10.2. The highest BCUT2D eigenvalue weighted by atomic mass is 35.5. The average Bonchev–Trinajstić information content (AvgIpc) is 3.31. The van der Waals surface area contributed by atoms with E-state index in [-0.39, 0.29) is 0 Å². The van der Waals surface area contributed by atoms with E-state index in [0.717, 1.165) is 17.9 Å². The molecule has 0 spiro atoms. The van der Waals surface area contributed by atoms with Crippen LogP contribution >= 0.6 is 23.2 Å². The van der Waals surface area contributed by atoms with Gasteiger partial charge in [-0.2, -0.15) is 0 Å². The predicted octanol–water partition coefficient (Wildman–Crippen LogP) is 4.82. The van der Waals surface area contributed by atoms with Crippen LogP contribution in [-0.4, -0.2) is 6.04 Å². The van der Waals surface area contributed by atoms with E-state index < -0.39 is 0 Å². The molecule has 110 valence electrons. The van der Waals surface area contributed by atoms with Gasteiger partial charge in [0.25, 0.3) is 0 Å². The van der Waals surface area contributed by atoms with Crippen LogP contribution in [0.1, 0.15) is 24.0 Å². The van der Waals surface area contributed by atoms with Crippen LogP contribution in [-0.2, 0) is 13.2 Å². The number of hydrogen-bond donors (Lipinski definition) is 1. The minimum absolute atomic E-state index is 0.483. The molecule has 0 bridgehead atoms. The summed E-state index contributed by atoms with van der Waals surface area (Å²) in [6, 6.07) is 14.4. The van der Waals surface area contributed by atoms with Gasteiger partial charge in [-0.15, -0.1) is 0 Å². The third kappa shape index (κ3) is 4.13. The molecule has 2 aromatic rings. The Morgan fingerprint density at radius 1 is 1.05 bits per heavy atom. The summed E-state index contributed by atoms with van der Waals surface area (Å²) in [5, 5.41) is 4.63. The number of nitrogens with one attached hydrogen (secondary N) is 1. The topological polar surface area (TPSA) is 21.3 Å². The number of hydrogen-bond acceptors (Lipinski definition) is 2. The third-order valence-electron chi connectivity index (χ3n) is 3.51. The molecule has 0 saturated heterocycles. The molecular formula is C17H17Cl2NO. The Morgan fingerprint density at radius 2 is 1.86 bits per heavy atom. The van der Waals surface area contributed by atoms with Crippen LogP contribution in [0.5, 0.6) is 5.75 Å². The second-order valence-corrected chi connectivity index (χ2v) is 6.11. The minimum Gasteiger partial charge on any atom is -0.489 e. The molecule has 1 saturated carbocycles. The monoisotopic (exact) mass is 321 g/mol. The van der Waals surface area contributed by atoms with Gasteiger partial charge in [-0.25, -0.2) is 0 Å². The second-order valence-electron chi connectivity index (χ2n) is 5.30. The van der Waals surface area contributed by atoms with E-state index in [4.69, 9.17) is 27.9 Å². The summed E-state index contributed by atoms with van der Waals surface area (Å²) in [5.41, 5.74) is 2.19. The van der Waals surface area contributed by atoms with E-state index in [1.54, 1.807) is 6.07 Å². The lowest BCUT2D eigenvalue weighted by Crippen LogP contribution is -2.16. The zero-order valence-corrected chi connectivity index (χ0v) is 13.1. The van der Waals surface area contributed by atoms with Gasteiger partial charge in [-0.1, -0.05) is 47.5 Å². The van der Waals surface area contributed by atoms with Crippen molar-refractivity contribution in [2.45, 2.75) is 32.0 Å². The van der Waals surface area contributed by atoms with Gasteiger partial charge >= 0.3 is 0 Å². The lowest BCUT2D eigenvalue weighted by Gasteiger charge is -2.12. The molecule has 4 heteroatoms. The zero-order chi connectivity index (χ0) is 14.7. The van der Waals surface area contributed by atoms with E-state index in [1.807, 2.05) is 30.3 Å². The van der Waals surface area contributed by atoms with Gasteiger partial charge in [-0.05, 0) is 36.6 Å². The largest absolute Gasteiger partial charge is 0.489 e. The van der Waals surface area contributed by atoms with Crippen LogP contribution in [0.15, 0.2) is 42.5 Å². The summed E-state index contributed by atoms with van der Waals surface area (Å²) in [6.45, 7) is 1.33. The molecule has 2 aromatic carbocycles. The zero-order valence-electron chi connectivity index (χ0n) is 11.6. The van der Waals surface area contributed by atoms with Gasteiger partial charge < -0.3 is 10.1 Å². The number of halogens is 2. The fourth-order valence-electron chi connectivity index (χ4n) is 2.12. The number of benzene rings is 2. The maximum atomic E-state index is 6.02. The van der Waals surface area contributed by atoms with Crippen molar-refractivity contribution in [3.63, 3.8) is 0 Å². The highest BCUT2D eigenvalue weighted by molar-refractivity contribution is 6.42. The van der Waals surface area contributed by atoms with Crippen molar-refractivity contribution in [1.29, 1.82) is 0 Å². The smallest absolute Gasteiger partial charge is 0.124 e. The second kappa shape index (κ2) is 6.69. The molecule has 0 atom stereocenters. The fraction of sp³-hybridized carbons (Fsp3) is 0.294. The van der Waals surface area contributed by atoms with E-state index in [0.29, 0.717) is 22.7 Å². The molecule has 0 radical (unpaired) electrons. The van der Waals surface area contributed by atoms with E-state index in [1.165, 1.54) is 18.4 Å². The first-order valence-corrected chi connectivity index (χ1v) is 7.86. The molecular weight excluding hydrogens is 305 g/mol. The van der Waals surface area contributed by atoms with Crippen molar-refractivity contribution in [3.8, 4) is 5.75 Å². The normalized spacial score (nSPS) is 14.2. The Bertz CT molecular complexity index is 626. The van der Waals surface area contributed by atoms with Gasteiger partial charge in [0.2, 0.25) is 0 Å². The molecule has 0 unspecified atom stereocenters. The summed E-state index contributed by atoms with van der Waals surface area (Å²) < 4.78 is 5.93. The fourth-order valence-corrected chi connectivity index (χ4v) is 2.44. The molecule has 21 heavy (non-hydrogen) atoms. The Morgan fingerprint density at radius 3 is 2.62 bits per heavy atom. The molecule has 0 amide bonds. The Kier molecular flexibility index (Phi) is 4.69. The number of para-hydroxylation sites is 1. The highest BCUT2D eigenvalue weighted by Gasteiger charge is 2.20. The van der Waals surface area contributed by atoms with Crippen LogP contribution in [0.25, 0.3) is 0 Å². The van der Waals surface area contributed by atoms with Crippen molar-refractivity contribution in [2.75, 3.05) is 0 Å². The Labute approximate surface area is 135 Å².